The van der Waals surface area contributed by atoms with Crippen molar-refractivity contribution in [1.29, 1.82) is 0 Å². The minimum atomic E-state index is 0. The van der Waals surface area contributed by atoms with Gasteiger partial charge in [-0.3, -0.25) is 0 Å². The first-order valence-electron chi connectivity index (χ1n) is 7.45. The normalized spacial score (nSPS) is 16.7. The summed E-state index contributed by atoms with van der Waals surface area (Å²) < 4.78 is 13.0. The van der Waals surface area contributed by atoms with Crippen molar-refractivity contribution >= 4 is 27.5 Å². The third-order valence-corrected chi connectivity index (χ3v) is 5.29. The van der Waals surface area contributed by atoms with Crippen LogP contribution in [0.5, 0.6) is 11.5 Å². The first kappa shape index (κ1) is 20.1. The highest BCUT2D eigenvalue weighted by atomic mass is 79.9. The van der Waals surface area contributed by atoms with Crippen LogP contribution in [0.2, 0.25) is 0 Å². The zero-order valence-electron chi connectivity index (χ0n) is 13.2. The Balaban J connectivity index is 0.00000242. The number of likely N-dealkylation sites (tertiary alicyclic amines) is 1. The van der Waals surface area contributed by atoms with Crippen LogP contribution in [0.4, 0.5) is 0 Å². The molecule has 1 saturated heterocycles. The van der Waals surface area contributed by atoms with Gasteiger partial charge in [-0.05, 0) is 31.4 Å². The number of nitrogens with zero attached hydrogens (tertiary/aromatic N) is 1. The Labute approximate surface area is 157 Å². The number of ether oxygens (including phenoxy) is 2. The van der Waals surface area contributed by atoms with Crippen LogP contribution in [0.3, 0.4) is 0 Å². The minimum absolute atomic E-state index is 0. The Bertz CT molecular complexity index is 474. The van der Waals surface area contributed by atoms with Crippen LogP contribution in [0.1, 0.15) is 24.8 Å². The van der Waals surface area contributed by atoms with Gasteiger partial charge in [-0.2, -0.15) is 0 Å². The molecule has 0 bridgehead atoms. The molecule has 1 aliphatic heterocycles. The molecular formula is C16H24Br2ClNO2. The molecule has 0 saturated carbocycles. The second kappa shape index (κ2) is 9.36. The van der Waals surface area contributed by atoms with E-state index in [-0.39, 0.29) is 17.0 Å². The Hall–Kier alpha value is 0.0300. The summed E-state index contributed by atoms with van der Waals surface area (Å²) in [4.78, 5) is 0. The Morgan fingerprint density at radius 1 is 1.09 bits per heavy atom. The van der Waals surface area contributed by atoms with Gasteiger partial charge in [0, 0.05) is 10.0 Å². The molecule has 0 N–H and O–H groups in total. The highest BCUT2D eigenvalue weighted by molar-refractivity contribution is 9.10. The predicted octanol–water partition coefficient (Wildman–Crippen LogP) is 1.21. The highest BCUT2D eigenvalue weighted by Gasteiger charge is 2.30. The second-order valence-corrected chi connectivity index (χ2v) is 6.95. The van der Waals surface area contributed by atoms with E-state index in [4.69, 9.17) is 21.1 Å². The number of hydrogen-bond donors (Lipinski definition) is 0. The van der Waals surface area contributed by atoms with Crippen molar-refractivity contribution in [2.24, 2.45) is 0 Å². The Morgan fingerprint density at radius 3 is 2.23 bits per heavy atom. The topological polar surface area (TPSA) is 18.5 Å². The number of quaternary nitrogens is 1. The maximum atomic E-state index is 6.06. The van der Waals surface area contributed by atoms with Crippen LogP contribution in [0.25, 0.3) is 0 Å². The van der Waals surface area contributed by atoms with Crippen LogP contribution in [0.15, 0.2) is 16.6 Å². The number of hydrogen-bond acceptors (Lipinski definition) is 2. The summed E-state index contributed by atoms with van der Waals surface area (Å²) in [6.07, 6.45) is 3.93. The van der Waals surface area contributed by atoms with Gasteiger partial charge >= 0.3 is 0 Å². The molecule has 1 aromatic rings. The molecule has 1 aliphatic rings. The van der Waals surface area contributed by atoms with Crippen molar-refractivity contribution in [3.05, 3.63) is 22.2 Å². The van der Waals surface area contributed by atoms with Crippen molar-refractivity contribution in [1.82, 2.24) is 0 Å². The molecule has 0 radical (unpaired) electrons. The molecule has 6 heteroatoms. The summed E-state index contributed by atoms with van der Waals surface area (Å²) >= 11 is 9.74. The first-order valence-corrected chi connectivity index (χ1v) is 8.78. The van der Waals surface area contributed by atoms with Crippen molar-refractivity contribution in [2.45, 2.75) is 25.8 Å². The number of methoxy groups -OCH3 is 2. The monoisotopic (exact) mass is 455 g/mol. The molecule has 0 aliphatic carbocycles. The lowest BCUT2D eigenvalue weighted by Gasteiger charge is -2.41. The van der Waals surface area contributed by atoms with Gasteiger partial charge in [0.25, 0.3) is 0 Å². The van der Waals surface area contributed by atoms with Crippen molar-refractivity contribution in [3.8, 4) is 11.5 Å². The van der Waals surface area contributed by atoms with E-state index in [9.17, 15) is 0 Å². The summed E-state index contributed by atoms with van der Waals surface area (Å²) in [5.41, 5.74) is 1.26. The number of piperidine rings is 1. The molecule has 0 amide bonds. The third kappa shape index (κ3) is 4.76. The van der Waals surface area contributed by atoms with E-state index in [1.165, 1.54) is 37.9 Å². The van der Waals surface area contributed by atoms with Gasteiger partial charge in [-0.15, -0.1) is 11.6 Å². The first-order chi connectivity index (χ1) is 10.1. The molecule has 1 aromatic carbocycles. The molecule has 2 rings (SSSR count). The van der Waals surface area contributed by atoms with Crippen molar-refractivity contribution in [3.63, 3.8) is 0 Å². The highest BCUT2D eigenvalue weighted by Crippen LogP contribution is 2.35. The molecule has 0 unspecified atom stereocenters. The molecule has 0 atom stereocenters. The quantitative estimate of drug-likeness (QED) is 0.472. The Morgan fingerprint density at radius 2 is 1.68 bits per heavy atom. The van der Waals surface area contributed by atoms with Crippen LogP contribution >= 0.6 is 27.5 Å². The SMILES string of the molecule is COc1cc(Br)c(C[N+]2(CCCl)CCCCC2)cc1OC.[Br-]. The lowest BCUT2D eigenvalue weighted by molar-refractivity contribution is -0.943. The summed E-state index contributed by atoms with van der Waals surface area (Å²) in [5, 5.41) is 0. The number of alkyl halides is 1. The van der Waals surface area contributed by atoms with Gasteiger partial charge in [0.15, 0.2) is 11.5 Å². The fraction of sp³-hybridized carbons (Fsp3) is 0.625. The van der Waals surface area contributed by atoms with Crippen LogP contribution < -0.4 is 26.5 Å². The molecule has 1 fully saturated rings. The molecule has 0 spiro atoms. The van der Waals surface area contributed by atoms with E-state index in [2.05, 4.69) is 22.0 Å². The number of rotatable bonds is 6. The predicted molar refractivity (Wildman–Crippen MR) is 90.4 cm³/mol. The fourth-order valence-corrected chi connectivity index (χ4v) is 4.01. The van der Waals surface area contributed by atoms with Gasteiger partial charge in [-0.25, -0.2) is 0 Å². The second-order valence-electron chi connectivity index (χ2n) is 5.72. The molecule has 22 heavy (non-hydrogen) atoms. The molecule has 0 aromatic heterocycles. The minimum Gasteiger partial charge on any atom is -1.00 e. The van der Waals surface area contributed by atoms with Gasteiger partial charge in [-0.1, -0.05) is 15.9 Å². The van der Waals surface area contributed by atoms with Crippen molar-refractivity contribution < 1.29 is 30.9 Å². The van der Waals surface area contributed by atoms with Gasteiger partial charge < -0.3 is 30.9 Å². The summed E-state index contributed by atoms with van der Waals surface area (Å²) in [6, 6.07) is 4.08. The smallest absolute Gasteiger partial charge is 0.161 e. The van der Waals surface area contributed by atoms with E-state index >= 15 is 0 Å². The van der Waals surface area contributed by atoms with Crippen LogP contribution in [-0.4, -0.2) is 44.2 Å². The van der Waals surface area contributed by atoms with Gasteiger partial charge in [0.2, 0.25) is 0 Å². The van der Waals surface area contributed by atoms with Gasteiger partial charge in [0.05, 0.1) is 39.7 Å². The summed E-state index contributed by atoms with van der Waals surface area (Å²) in [6.45, 7) is 4.46. The third-order valence-electron chi connectivity index (χ3n) is 4.38. The largest absolute Gasteiger partial charge is 1.00 e. The standard InChI is InChI=1S/C16H24BrClNO2.BrH/c1-20-15-10-13(14(17)11-16(15)21-2)12-19(9-6-18)7-4-3-5-8-19;/h10-11H,3-9,12H2,1-2H3;1H/q+1;/p-1. The van der Waals surface area contributed by atoms with E-state index < -0.39 is 0 Å². The molecular weight excluding hydrogens is 433 g/mol. The lowest BCUT2D eigenvalue weighted by Crippen LogP contribution is -3.00. The van der Waals surface area contributed by atoms with E-state index in [1.807, 2.05) is 6.07 Å². The van der Waals surface area contributed by atoms with Gasteiger partial charge in [0.1, 0.15) is 6.54 Å². The maximum absolute atomic E-state index is 6.06. The van der Waals surface area contributed by atoms with E-state index in [1.54, 1.807) is 14.2 Å². The maximum Gasteiger partial charge on any atom is 0.161 e. The van der Waals surface area contributed by atoms with Crippen molar-refractivity contribution in [2.75, 3.05) is 39.7 Å². The van der Waals surface area contributed by atoms with E-state index in [0.717, 1.165) is 33.5 Å². The number of halogens is 3. The van der Waals surface area contributed by atoms with Crippen LogP contribution in [-0.2, 0) is 6.54 Å². The molecule has 1 heterocycles. The summed E-state index contributed by atoms with van der Waals surface area (Å²) in [7, 11) is 3.34. The zero-order valence-corrected chi connectivity index (χ0v) is 17.1. The Kier molecular flexibility index (Phi) is 8.54. The summed E-state index contributed by atoms with van der Waals surface area (Å²) in [5.74, 6) is 2.26. The van der Waals surface area contributed by atoms with Crippen LogP contribution in [0, 0.1) is 0 Å². The molecule has 126 valence electrons. The lowest BCUT2D eigenvalue weighted by atomic mass is 10.0. The number of benzene rings is 1. The average molecular weight is 458 g/mol. The average Bonchev–Trinajstić information content (AvgIpc) is 2.50. The molecule has 3 nitrogen and oxygen atoms in total. The fourth-order valence-electron chi connectivity index (χ4n) is 3.20. The zero-order chi connectivity index (χ0) is 15.3. The van der Waals surface area contributed by atoms with E-state index in [0.29, 0.717) is 5.88 Å².